The molecule has 0 aliphatic carbocycles. The fourth-order valence-corrected chi connectivity index (χ4v) is 11.6. The van der Waals surface area contributed by atoms with Crippen LogP contribution in [0.3, 0.4) is 0 Å². The van der Waals surface area contributed by atoms with Crippen LogP contribution in [0.25, 0.3) is 0 Å². The van der Waals surface area contributed by atoms with Gasteiger partial charge in [0.15, 0.2) is 6.29 Å². The van der Waals surface area contributed by atoms with Crippen LogP contribution >= 0.6 is 0 Å². The summed E-state index contributed by atoms with van der Waals surface area (Å²) >= 11 is 0. The number of nitrogens with one attached hydrogen (secondary N) is 1. The highest BCUT2D eigenvalue weighted by molar-refractivity contribution is 5.76. The lowest BCUT2D eigenvalue weighted by atomic mass is 9.99. The number of carbonyl (C=O) groups excluding carboxylic acids is 1. The Morgan fingerprint density at radius 1 is 0.398 bits per heavy atom. The molecule has 0 radical (unpaired) electrons. The van der Waals surface area contributed by atoms with Gasteiger partial charge in [-0.3, -0.25) is 4.79 Å². The number of ether oxygens (including phenoxy) is 2. The van der Waals surface area contributed by atoms with Crippen molar-refractivity contribution in [3.63, 3.8) is 0 Å². The molecule has 0 aromatic heterocycles. The van der Waals surface area contributed by atoms with Gasteiger partial charge >= 0.3 is 0 Å². The van der Waals surface area contributed by atoms with E-state index in [4.69, 9.17) is 9.47 Å². The number of unbranched alkanes of at least 4 members (excludes halogenated alkanes) is 41. The lowest BCUT2D eigenvalue weighted by molar-refractivity contribution is -0.302. The second-order valence-electron chi connectivity index (χ2n) is 25.7. The van der Waals surface area contributed by atoms with Crippen molar-refractivity contribution in [2.24, 2.45) is 0 Å². The third kappa shape index (κ3) is 54.8. The Labute approximate surface area is 543 Å². The van der Waals surface area contributed by atoms with Gasteiger partial charge in [-0.1, -0.05) is 342 Å². The predicted octanol–water partition coefficient (Wildman–Crippen LogP) is 21.0. The summed E-state index contributed by atoms with van der Waals surface area (Å²) < 4.78 is 11.3. The van der Waals surface area contributed by atoms with E-state index in [1.54, 1.807) is 6.08 Å². The summed E-state index contributed by atoms with van der Waals surface area (Å²) in [5.74, 6) is -0.188. The topological polar surface area (TPSA) is 149 Å². The number of aliphatic hydroxyl groups is 5. The molecule has 1 heterocycles. The SMILES string of the molecule is CC/C=C\C/C=C\C/C=C\C/C=C\C/C=C\CCCCCCCCCCCCCCCCCCCCCC(=O)NC(COC1OC(CO)C(O)C(O)C1O)C(O)/C=C/CC/C=C/CC/C=C/CCCCCCCCCCCCCCCCCCCCCC. The fraction of sp³-hybridized carbons (Fsp3) is 0.785. The highest BCUT2D eigenvalue weighted by atomic mass is 16.7. The molecule has 9 heteroatoms. The van der Waals surface area contributed by atoms with Gasteiger partial charge < -0.3 is 40.3 Å². The van der Waals surface area contributed by atoms with Crippen LogP contribution in [0.5, 0.6) is 0 Å². The minimum absolute atomic E-state index is 0.188. The predicted molar refractivity (Wildman–Crippen MR) is 378 cm³/mol. The monoisotopic (exact) mass is 1230 g/mol. The quantitative estimate of drug-likeness (QED) is 0.0261. The van der Waals surface area contributed by atoms with Gasteiger partial charge in [-0.25, -0.2) is 0 Å². The first-order valence-corrected chi connectivity index (χ1v) is 37.5. The summed E-state index contributed by atoms with van der Waals surface area (Å²) in [6.07, 6.45) is 91.1. The average molecular weight is 1230 g/mol. The average Bonchev–Trinajstić information content (AvgIpc) is 3.65. The Balaban J connectivity index is 2.13. The van der Waals surface area contributed by atoms with Gasteiger partial charge in [0, 0.05) is 6.42 Å². The van der Waals surface area contributed by atoms with E-state index >= 15 is 0 Å². The Kier molecular flexibility index (Phi) is 63.3. The summed E-state index contributed by atoms with van der Waals surface area (Å²) in [6, 6.07) is -0.834. The van der Waals surface area contributed by atoms with Crippen LogP contribution in [0, 0.1) is 0 Å². The molecule has 1 saturated heterocycles. The van der Waals surface area contributed by atoms with Gasteiger partial charge in [-0.05, 0) is 89.9 Å². The Morgan fingerprint density at radius 2 is 0.716 bits per heavy atom. The molecule has 0 aromatic rings. The summed E-state index contributed by atoms with van der Waals surface area (Å²) in [6.45, 7) is 3.68. The third-order valence-electron chi connectivity index (χ3n) is 17.4. The smallest absolute Gasteiger partial charge is 0.220 e. The molecule has 6 N–H and O–H groups in total. The summed E-state index contributed by atoms with van der Waals surface area (Å²) in [4.78, 5) is 13.1. The molecular weight excluding hydrogens is 1090 g/mol. The van der Waals surface area contributed by atoms with Crippen molar-refractivity contribution in [2.75, 3.05) is 13.2 Å². The van der Waals surface area contributed by atoms with Crippen LogP contribution in [0.15, 0.2) is 97.2 Å². The number of rotatable bonds is 65. The maximum absolute atomic E-state index is 13.1. The van der Waals surface area contributed by atoms with Crippen molar-refractivity contribution in [3.05, 3.63) is 97.2 Å². The van der Waals surface area contributed by atoms with Crippen molar-refractivity contribution in [2.45, 2.75) is 384 Å². The molecule has 0 bridgehead atoms. The third-order valence-corrected chi connectivity index (χ3v) is 17.4. The van der Waals surface area contributed by atoms with E-state index in [2.05, 4.69) is 104 Å². The molecular formula is C79H141NO8. The summed E-state index contributed by atoms with van der Waals surface area (Å²) in [5, 5.41) is 54.8. The van der Waals surface area contributed by atoms with E-state index in [1.165, 1.54) is 244 Å². The second-order valence-corrected chi connectivity index (χ2v) is 25.7. The largest absolute Gasteiger partial charge is 0.394 e. The molecule has 88 heavy (non-hydrogen) atoms. The highest BCUT2D eigenvalue weighted by Crippen LogP contribution is 2.23. The van der Waals surface area contributed by atoms with E-state index in [-0.39, 0.29) is 12.5 Å². The molecule has 1 aliphatic heterocycles. The fourth-order valence-electron chi connectivity index (χ4n) is 11.6. The van der Waals surface area contributed by atoms with Gasteiger partial charge in [0.1, 0.15) is 24.4 Å². The zero-order valence-electron chi connectivity index (χ0n) is 57.2. The van der Waals surface area contributed by atoms with Crippen LogP contribution in [-0.4, -0.2) is 87.5 Å². The van der Waals surface area contributed by atoms with E-state index in [9.17, 15) is 30.3 Å². The van der Waals surface area contributed by atoms with Crippen LogP contribution in [-0.2, 0) is 14.3 Å². The molecule has 1 amide bonds. The molecule has 510 valence electrons. The molecule has 1 fully saturated rings. The van der Waals surface area contributed by atoms with E-state index in [0.29, 0.717) is 6.42 Å². The lowest BCUT2D eigenvalue weighted by Gasteiger charge is -2.40. The number of aliphatic hydroxyl groups excluding tert-OH is 5. The Morgan fingerprint density at radius 3 is 1.09 bits per heavy atom. The number of amides is 1. The number of hydrogen-bond acceptors (Lipinski definition) is 8. The Hall–Kier alpha value is -2.89. The molecule has 9 nitrogen and oxygen atoms in total. The normalized spacial score (nSPS) is 18.5. The number of hydrogen-bond donors (Lipinski definition) is 6. The number of allylic oxidation sites excluding steroid dienone is 15. The first kappa shape index (κ1) is 83.1. The van der Waals surface area contributed by atoms with Gasteiger partial charge in [-0.2, -0.15) is 0 Å². The molecule has 0 saturated carbocycles. The van der Waals surface area contributed by atoms with Gasteiger partial charge in [0.05, 0.1) is 25.4 Å². The highest BCUT2D eigenvalue weighted by Gasteiger charge is 2.44. The van der Waals surface area contributed by atoms with Crippen LogP contribution < -0.4 is 5.32 Å². The second kappa shape index (κ2) is 67.0. The van der Waals surface area contributed by atoms with Crippen molar-refractivity contribution in [3.8, 4) is 0 Å². The molecule has 0 spiro atoms. The van der Waals surface area contributed by atoms with Crippen LogP contribution in [0.2, 0.25) is 0 Å². The minimum Gasteiger partial charge on any atom is -0.394 e. The van der Waals surface area contributed by atoms with E-state index in [1.807, 2.05) is 6.08 Å². The van der Waals surface area contributed by atoms with Crippen LogP contribution in [0.1, 0.15) is 341 Å². The van der Waals surface area contributed by atoms with Crippen LogP contribution in [0.4, 0.5) is 0 Å². The summed E-state index contributed by atoms with van der Waals surface area (Å²) in [7, 11) is 0. The van der Waals surface area contributed by atoms with E-state index in [0.717, 1.165) is 77.0 Å². The molecule has 7 unspecified atom stereocenters. The number of carbonyl (C=O) groups is 1. The maximum Gasteiger partial charge on any atom is 0.220 e. The molecule has 1 rings (SSSR count). The standard InChI is InChI=1S/C79H141NO8/c1-3-5-7-9-11-13-15-17-19-21-23-25-27-29-31-33-35-36-37-38-39-41-43-45-47-49-51-53-55-57-59-61-63-65-67-69-75(83)80-72(71-87-79-78(86)77(85)76(84)74(70-81)88-79)73(82)68-66-64-62-60-58-56-54-52-50-48-46-44-42-40-34-32-30-28-26-24-22-20-18-16-14-12-10-8-6-4-2/h5,7,11,13,17,19,23,25,29,31,50,52,58,60,66,68,72-74,76-79,81-82,84-86H,3-4,6,8-10,12,14-16,18,20-22,24,26-28,30,32-49,51,53-57,59,61-65,67,69-71H2,1-2H3,(H,80,83)/b7-5-,13-11-,19-17-,25-23-,31-29-,52-50+,60-58+,68-66+. The van der Waals surface area contributed by atoms with Crippen molar-refractivity contribution >= 4 is 5.91 Å². The molecule has 7 atom stereocenters. The Bertz CT molecular complexity index is 1720. The van der Waals surface area contributed by atoms with E-state index < -0.39 is 49.5 Å². The van der Waals surface area contributed by atoms with Crippen molar-refractivity contribution in [1.82, 2.24) is 5.32 Å². The molecule has 0 aromatic carbocycles. The zero-order valence-corrected chi connectivity index (χ0v) is 57.2. The van der Waals surface area contributed by atoms with Crippen molar-refractivity contribution in [1.29, 1.82) is 0 Å². The maximum atomic E-state index is 13.1. The van der Waals surface area contributed by atoms with Gasteiger partial charge in [0.2, 0.25) is 5.91 Å². The van der Waals surface area contributed by atoms with Crippen molar-refractivity contribution < 1.29 is 39.8 Å². The molecule has 1 aliphatic rings. The first-order chi connectivity index (χ1) is 43.3. The lowest BCUT2D eigenvalue weighted by Crippen LogP contribution is -2.60. The van der Waals surface area contributed by atoms with Gasteiger partial charge in [0.25, 0.3) is 0 Å². The minimum atomic E-state index is -1.58. The van der Waals surface area contributed by atoms with Gasteiger partial charge in [-0.15, -0.1) is 0 Å². The first-order valence-electron chi connectivity index (χ1n) is 37.5. The zero-order chi connectivity index (χ0) is 63.5. The summed E-state index contributed by atoms with van der Waals surface area (Å²) in [5.41, 5.74) is 0.